The zero-order valence-electron chi connectivity index (χ0n) is 21.8. The number of hydrogen-bond acceptors (Lipinski definition) is 2. The second kappa shape index (κ2) is 9.14. The summed E-state index contributed by atoms with van der Waals surface area (Å²) in [4.78, 5) is 10.0. The van der Waals surface area contributed by atoms with Crippen molar-refractivity contribution in [3.63, 3.8) is 0 Å². The van der Waals surface area contributed by atoms with Gasteiger partial charge in [-0.1, -0.05) is 121 Å². The molecule has 0 saturated heterocycles. The Kier molecular flexibility index (Phi) is 5.17. The normalized spacial score (nSPS) is 11.5. The van der Waals surface area contributed by atoms with E-state index in [9.17, 15) is 0 Å². The topological polar surface area (TPSA) is 25.8 Å². The molecule has 0 N–H and O–H groups in total. The summed E-state index contributed by atoms with van der Waals surface area (Å²) in [6.45, 7) is 0. The summed E-state index contributed by atoms with van der Waals surface area (Å²) in [5, 5.41) is 9.43. The third-order valence-corrected chi connectivity index (χ3v) is 7.97. The van der Waals surface area contributed by atoms with Crippen molar-refractivity contribution in [3.05, 3.63) is 146 Å². The average molecular weight is 509 g/mol. The van der Waals surface area contributed by atoms with E-state index in [1.807, 2.05) is 12.4 Å². The summed E-state index contributed by atoms with van der Waals surface area (Å²) in [6.07, 6.45) is 3.85. The molecule has 0 spiro atoms. The fourth-order valence-corrected chi connectivity index (χ4v) is 6.14. The molecule has 0 fully saturated rings. The molecule has 0 unspecified atom stereocenters. The van der Waals surface area contributed by atoms with Crippen molar-refractivity contribution in [2.45, 2.75) is 0 Å². The lowest BCUT2D eigenvalue weighted by Gasteiger charge is -2.19. The van der Waals surface area contributed by atoms with E-state index < -0.39 is 0 Å². The van der Waals surface area contributed by atoms with Crippen LogP contribution in [0, 0.1) is 0 Å². The van der Waals surface area contributed by atoms with Gasteiger partial charge in [0.2, 0.25) is 0 Å². The molecule has 0 amide bonds. The largest absolute Gasteiger partial charge is 0.256 e. The molecule has 6 aromatic carbocycles. The van der Waals surface area contributed by atoms with E-state index in [0.717, 1.165) is 44.4 Å². The molecule has 0 bridgehead atoms. The molecule has 0 atom stereocenters. The van der Waals surface area contributed by atoms with Gasteiger partial charge in [0, 0.05) is 34.3 Å². The lowest BCUT2D eigenvalue weighted by molar-refractivity contribution is 1.36. The smallest absolute Gasteiger partial charge is 0.0792 e. The second-order valence-electron chi connectivity index (χ2n) is 10.2. The van der Waals surface area contributed by atoms with Crippen LogP contribution in [-0.4, -0.2) is 9.97 Å². The maximum Gasteiger partial charge on any atom is 0.0792 e. The van der Waals surface area contributed by atoms with Crippen LogP contribution < -0.4 is 0 Å². The van der Waals surface area contributed by atoms with E-state index in [1.54, 1.807) is 0 Å². The Bertz CT molecular complexity index is 2060. The van der Waals surface area contributed by atoms with Crippen LogP contribution in [0.5, 0.6) is 0 Å². The summed E-state index contributed by atoms with van der Waals surface area (Å²) in [5.74, 6) is 0. The summed E-state index contributed by atoms with van der Waals surface area (Å²) >= 11 is 0. The molecule has 2 heteroatoms. The molecule has 0 saturated carbocycles. The maximum atomic E-state index is 5.01. The highest BCUT2D eigenvalue weighted by Crippen LogP contribution is 2.46. The Morgan fingerprint density at radius 2 is 0.650 bits per heavy atom. The minimum atomic E-state index is 0.995. The van der Waals surface area contributed by atoms with E-state index in [0.29, 0.717) is 0 Å². The van der Waals surface area contributed by atoms with Crippen LogP contribution in [0.3, 0.4) is 0 Å². The molecule has 0 aliphatic heterocycles. The molecule has 2 heterocycles. The molecule has 2 nitrogen and oxygen atoms in total. The predicted molar refractivity (Wildman–Crippen MR) is 168 cm³/mol. The Labute approximate surface area is 232 Å². The highest BCUT2D eigenvalue weighted by atomic mass is 14.7. The maximum absolute atomic E-state index is 5.01. The molecule has 0 aliphatic rings. The Morgan fingerprint density at radius 1 is 0.300 bits per heavy atom. The number of aromatic nitrogens is 2. The van der Waals surface area contributed by atoms with Crippen molar-refractivity contribution in [3.8, 4) is 33.6 Å². The third-order valence-electron chi connectivity index (χ3n) is 7.97. The Morgan fingerprint density at radius 3 is 1.07 bits per heavy atom. The van der Waals surface area contributed by atoms with Gasteiger partial charge in [-0.25, -0.2) is 0 Å². The van der Waals surface area contributed by atoms with Crippen molar-refractivity contribution in [2.75, 3.05) is 0 Å². The van der Waals surface area contributed by atoms with Gasteiger partial charge in [-0.15, -0.1) is 0 Å². The Hall–Kier alpha value is -5.34. The summed E-state index contributed by atoms with van der Waals surface area (Å²) in [6, 6.07) is 47.4. The van der Waals surface area contributed by atoms with Crippen molar-refractivity contribution in [1.29, 1.82) is 0 Å². The molecule has 186 valence electrons. The number of rotatable bonds is 3. The first-order valence-electron chi connectivity index (χ1n) is 13.6. The predicted octanol–water partition coefficient (Wildman–Crippen LogP) is 10.1. The molecule has 8 rings (SSSR count). The van der Waals surface area contributed by atoms with E-state index in [2.05, 4.69) is 133 Å². The highest BCUT2D eigenvalue weighted by molar-refractivity contribution is 6.15. The lowest BCUT2D eigenvalue weighted by atomic mass is 9.85. The third kappa shape index (κ3) is 3.50. The number of hydrogen-bond donors (Lipinski definition) is 0. The first-order valence-corrected chi connectivity index (χ1v) is 13.6. The van der Waals surface area contributed by atoms with E-state index in [-0.39, 0.29) is 0 Å². The van der Waals surface area contributed by atoms with Crippen molar-refractivity contribution < 1.29 is 0 Å². The monoisotopic (exact) mass is 508 g/mol. The minimum Gasteiger partial charge on any atom is -0.256 e. The van der Waals surface area contributed by atoms with E-state index in [1.165, 1.54) is 32.3 Å². The van der Waals surface area contributed by atoms with Crippen molar-refractivity contribution >= 4 is 43.1 Å². The molecular weight excluding hydrogens is 484 g/mol. The summed E-state index contributed by atoms with van der Waals surface area (Å²) in [5.41, 5.74) is 6.58. The van der Waals surface area contributed by atoms with Gasteiger partial charge in [0.15, 0.2) is 0 Å². The van der Waals surface area contributed by atoms with Gasteiger partial charge >= 0.3 is 0 Å². The number of pyridine rings is 2. The quantitative estimate of drug-likeness (QED) is 0.237. The highest BCUT2D eigenvalue weighted by Gasteiger charge is 2.21. The molecular formula is C38H24N2. The second-order valence-corrected chi connectivity index (χ2v) is 10.2. The number of fused-ring (bicyclic) bond motifs is 4. The van der Waals surface area contributed by atoms with Gasteiger partial charge in [0.05, 0.1) is 11.4 Å². The van der Waals surface area contributed by atoms with Crippen LogP contribution >= 0.6 is 0 Å². The molecule has 0 aliphatic carbocycles. The minimum absolute atomic E-state index is 0.995. The fraction of sp³-hybridized carbons (Fsp3) is 0. The lowest BCUT2D eigenvalue weighted by Crippen LogP contribution is -1.96. The molecule has 40 heavy (non-hydrogen) atoms. The van der Waals surface area contributed by atoms with Gasteiger partial charge in [-0.3, -0.25) is 9.97 Å². The van der Waals surface area contributed by atoms with Crippen molar-refractivity contribution in [1.82, 2.24) is 9.97 Å². The SMILES string of the molecule is c1ccc2c(-c3c(-c4ccc5ccccc5c4-c4nccc5ccccc45)ccc4ccccc34)nccc2c1. The van der Waals surface area contributed by atoms with Crippen molar-refractivity contribution in [2.24, 2.45) is 0 Å². The van der Waals surface area contributed by atoms with Gasteiger partial charge in [-0.05, 0) is 55.6 Å². The van der Waals surface area contributed by atoms with Crippen LogP contribution in [0.15, 0.2) is 146 Å². The zero-order valence-corrected chi connectivity index (χ0v) is 21.8. The summed E-state index contributed by atoms with van der Waals surface area (Å²) < 4.78 is 0. The first kappa shape index (κ1) is 22.6. The van der Waals surface area contributed by atoms with Crippen LogP contribution in [0.4, 0.5) is 0 Å². The molecule has 8 aromatic rings. The van der Waals surface area contributed by atoms with Gasteiger partial charge in [0.25, 0.3) is 0 Å². The molecule has 0 radical (unpaired) electrons. The van der Waals surface area contributed by atoms with Crippen LogP contribution in [-0.2, 0) is 0 Å². The average Bonchev–Trinajstić information content (AvgIpc) is 3.03. The van der Waals surface area contributed by atoms with E-state index in [4.69, 9.17) is 9.97 Å². The standard InChI is InChI=1S/C38H24N2/c1-5-13-29-25(9-1)17-19-33(35(29)37-31-15-7-3-11-27(31)21-23-39-37)34-20-18-26-10-2-6-14-30(26)36(34)38-32-16-8-4-12-28(32)22-24-40-38/h1-24H. The van der Waals surface area contributed by atoms with E-state index >= 15 is 0 Å². The van der Waals surface area contributed by atoms with Crippen LogP contribution in [0.2, 0.25) is 0 Å². The van der Waals surface area contributed by atoms with Crippen LogP contribution in [0.25, 0.3) is 76.7 Å². The number of nitrogens with zero attached hydrogens (tertiary/aromatic N) is 2. The van der Waals surface area contributed by atoms with Crippen LogP contribution in [0.1, 0.15) is 0 Å². The van der Waals surface area contributed by atoms with Gasteiger partial charge < -0.3 is 0 Å². The molecule has 2 aromatic heterocycles. The van der Waals surface area contributed by atoms with Gasteiger partial charge in [0.1, 0.15) is 0 Å². The summed E-state index contributed by atoms with van der Waals surface area (Å²) in [7, 11) is 0. The Balaban J connectivity index is 1.55. The number of benzene rings is 6. The fourth-order valence-electron chi connectivity index (χ4n) is 6.14. The van der Waals surface area contributed by atoms with Gasteiger partial charge in [-0.2, -0.15) is 0 Å². The zero-order chi connectivity index (χ0) is 26.5. The first-order chi connectivity index (χ1) is 19.9.